The SMILES string of the molecule is CCCCC(=O)N1CCC(N)C(C)(C)C1.Cl. The van der Waals surface area contributed by atoms with Gasteiger partial charge in [-0.25, -0.2) is 0 Å². The normalized spacial score (nSPS) is 23.8. The maximum atomic E-state index is 11.8. The molecule has 3 nitrogen and oxygen atoms in total. The van der Waals surface area contributed by atoms with Gasteiger partial charge in [-0.05, 0) is 18.3 Å². The molecule has 16 heavy (non-hydrogen) atoms. The van der Waals surface area contributed by atoms with Gasteiger partial charge in [0.25, 0.3) is 0 Å². The summed E-state index contributed by atoms with van der Waals surface area (Å²) in [5, 5.41) is 0. The van der Waals surface area contributed by atoms with E-state index in [-0.39, 0.29) is 23.9 Å². The Bertz CT molecular complexity index is 231. The maximum absolute atomic E-state index is 11.8. The number of likely N-dealkylation sites (tertiary alicyclic amines) is 1. The van der Waals surface area contributed by atoms with E-state index in [0.29, 0.717) is 12.3 Å². The molecule has 0 aromatic heterocycles. The predicted molar refractivity (Wildman–Crippen MR) is 69.7 cm³/mol. The van der Waals surface area contributed by atoms with Crippen molar-refractivity contribution in [2.24, 2.45) is 11.1 Å². The second-order valence-corrected chi connectivity index (χ2v) is 5.30. The molecule has 1 rings (SSSR count). The minimum Gasteiger partial charge on any atom is -0.342 e. The van der Waals surface area contributed by atoms with Gasteiger partial charge in [0.05, 0.1) is 0 Å². The molecule has 0 radical (unpaired) electrons. The molecule has 1 heterocycles. The van der Waals surface area contributed by atoms with Crippen LogP contribution in [0.1, 0.15) is 46.5 Å². The van der Waals surface area contributed by atoms with Gasteiger partial charge in [-0.2, -0.15) is 0 Å². The fourth-order valence-corrected chi connectivity index (χ4v) is 2.07. The fourth-order valence-electron chi connectivity index (χ4n) is 2.07. The third-order valence-corrected chi connectivity index (χ3v) is 3.41. The lowest BCUT2D eigenvalue weighted by atomic mass is 9.79. The molecule has 0 aromatic rings. The van der Waals surface area contributed by atoms with Gasteiger partial charge in [-0.3, -0.25) is 4.79 Å². The van der Waals surface area contributed by atoms with Gasteiger partial charge in [-0.15, -0.1) is 12.4 Å². The van der Waals surface area contributed by atoms with E-state index in [4.69, 9.17) is 5.73 Å². The molecule has 0 spiro atoms. The first-order valence-electron chi connectivity index (χ1n) is 6.00. The van der Waals surface area contributed by atoms with E-state index in [0.717, 1.165) is 32.4 Å². The summed E-state index contributed by atoms with van der Waals surface area (Å²) in [5.41, 5.74) is 6.11. The van der Waals surface area contributed by atoms with Crippen LogP contribution < -0.4 is 5.73 Å². The van der Waals surface area contributed by atoms with Crippen molar-refractivity contribution in [3.8, 4) is 0 Å². The second-order valence-electron chi connectivity index (χ2n) is 5.30. The Kier molecular flexibility index (Phi) is 6.34. The van der Waals surface area contributed by atoms with Crippen LogP contribution in [0.4, 0.5) is 0 Å². The summed E-state index contributed by atoms with van der Waals surface area (Å²) in [6.45, 7) is 8.07. The minimum atomic E-state index is 0. The summed E-state index contributed by atoms with van der Waals surface area (Å²) in [7, 11) is 0. The quantitative estimate of drug-likeness (QED) is 0.832. The number of nitrogens with two attached hydrogens (primary N) is 1. The molecule has 1 aliphatic heterocycles. The van der Waals surface area contributed by atoms with E-state index >= 15 is 0 Å². The average molecular weight is 249 g/mol. The lowest BCUT2D eigenvalue weighted by molar-refractivity contribution is -0.134. The number of rotatable bonds is 3. The number of hydrogen-bond donors (Lipinski definition) is 1. The molecule has 1 amide bonds. The molecular formula is C12H25ClN2O. The van der Waals surface area contributed by atoms with Crippen LogP contribution >= 0.6 is 12.4 Å². The van der Waals surface area contributed by atoms with E-state index in [1.165, 1.54) is 0 Å². The van der Waals surface area contributed by atoms with Crippen LogP contribution in [0.15, 0.2) is 0 Å². The highest BCUT2D eigenvalue weighted by molar-refractivity contribution is 5.85. The fraction of sp³-hybridized carbons (Fsp3) is 0.917. The van der Waals surface area contributed by atoms with E-state index in [9.17, 15) is 4.79 Å². The molecule has 0 bridgehead atoms. The third kappa shape index (κ3) is 3.95. The van der Waals surface area contributed by atoms with Crippen LogP contribution in [-0.2, 0) is 4.79 Å². The first kappa shape index (κ1) is 15.7. The Labute approximate surface area is 105 Å². The Hall–Kier alpha value is -0.280. The third-order valence-electron chi connectivity index (χ3n) is 3.41. The number of carbonyl (C=O) groups is 1. The molecular weight excluding hydrogens is 224 g/mol. The van der Waals surface area contributed by atoms with E-state index < -0.39 is 0 Å². The van der Waals surface area contributed by atoms with Crippen LogP contribution in [0, 0.1) is 5.41 Å². The Balaban J connectivity index is 0.00000225. The van der Waals surface area contributed by atoms with Crippen molar-refractivity contribution in [1.29, 1.82) is 0 Å². The van der Waals surface area contributed by atoms with Crippen LogP contribution in [-0.4, -0.2) is 29.9 Å². The van der Waals surface area contributed by atoms with Gasteiger partial charge in [-0.1, -0.05) is 27.2 Å². The monoisotopic (exact) mass is 248 g/mol. The molecule has 4 heteroatoms. The number of nitrogens with zero attached hydrogens (tertiary/aromatic N) is 1. The molecule has 96 valence electrons. The average Bonchev–Trinajstić information content (AvgIpc) is 2.18. The summed E-state index contributed by atoms with van der Waals surface area (Å²) in [6.07, 6.45) is 3.72. The number of amides is 1. The van der Waals surface area contributed by atoms with Gasteiger partial charge in [0.15, 0.2) is 0 Å². The Morgan fingerprint density at radius 3 is 2.62 bits per heavy atom. The molecule has 0 aliphatic carbocycles. The number of carbonyl (C=O) groups excluding carboxylic acids is 1. The van der Waals surface area contributed by atoms with Gasteiger partial charge in [0, 0.05) is 25.6 Å². The van der Waals surface area contributed by atoms with E-state index in [2.05, 4.69) is 20.8 Å². The van der Waals surface area contributed by atoms with Crippen molar-refractivity contribution < 1.29 is 4.79 Å². The summed E-state index contributed by atoms with van der Waals surface area (Å²) in [6, 6.07) is 0.229. The predicted octanol–water partition coefficient (Wildman–Crippen LogP) is 2.18. The van der Waals surface area contributed by atoms with Crippen LogP contribution in [0.25, 0.3) is 0 Å². The summed E-state index contributed by atoms with van der Waals surface area (Å²) in [5.74, 6) is 0.303. The molecule has 1 saturated heterocycles. The molecule has 1 fully saturated rings. The van der Waals surface area contributed by atoms with Crippen molar-refractivity contribution in [3.63, 3.8) is 0 Å². The molecule has 1 atom stereocenters. The van der Waals surface area contributed by atoms with Gasteiger partial charge in [0.1, 0.15) is 0 Å². The lowest BCUT2D eigenvalue weighted by Gasteiger charge is -2.42. The summed E-state index contributed by atoms with van der Waals surface area (Å²) in [4.78, 5) is 13.8. The smallest absolute Gasteiger partial charge is 0.222 e. The topological polar surface area (TPSA) is 46.3 Å². The molecule has 1 unspecified atom stereocenters. The van der Waals surface area contributed by atoms with Crippen molar-refractivity contribution >= 4 is 18.3 Å². The molecule has 1 aliphatic rings. The molecule has 0 saturated carbocycles. The van der Waals surface area contributed by atoms with Crippen LogP contribution in [0.3, 0.4) is 0 Å². The highest BCUT2D eigenvalue weighted by Crippen LogP contribution is 2.28. The zero-order chi connectivity index (χ0) is 11.5. The zero-order valence-corrected chi connectivity index (χ0v) is 11.5. The largest absolute Gasteiger partial charge is 0.342 e. The minimum absolute atomic E-state index is 0. The van der Waals surface area contributed by atoms with Crippen molar-refractivity contribution in [1.82, 2.24) is 4.90 Å². The zero-order valence-electron chi connectivity index (χ0n) is 10.7. The molecule has 0 aromatic carbocycles. The summed E-state index contributed by atoms with van der Waals surface area (Å²) < 4.78 is 0. The maximum Gasteiger partial charge on any atom is 0.222 e. The number of piperidine rings is 1. The van der Waals surface area contributed by atoms with Crippen LogP contribution in [0.2, 0.25) is 0 Å². The number of halogens is 1. The second kappa shape index (κ2) is 6.45. The van der Waals surface area contributed by atoms with E-state index in [1.807, 2.05) is 4.90 Å². The highest BCUT2D eigenvalue weighted by Gasteiger charge is 2.34. The van der Waals surface area contributed by atoms with E-state index in [1.54, 1.807) is 0 Å². The Morgan fingerprint density at radius 1 is 1.50 bits per heavy atom. The molecule has 2 N–H and O–H groups in total. The van der Waals surface area contributed by atoms with Crippen molar-refractivity contribution in [2.75, 3.05) is 13.1 Å². The number of hydrogen-bond acceptors (Lipinski definition) is 2. The number of unbranched alkanes of at least 4 members (excludes halogenated alkanes) is 1. The lowest BCUT2D eigenvalue weighted by Crippen LogP contribution is -2.53. The van der Waals surface area contributed by atoms with Crippen LogP contribution in [0.5, 0.6) is 0 Å². The standard InChI is InChI=1S/C12H24N2O.ClH/c1-4-5-6-11(15)14-8-7-10(13)12(2,3)9-14;/h10H,4-9,13H2,1-3H3;1H. The first-order chi connectivity index (χ1) is 6.97. The van der Waals surface area contributed by atoms with Crippen molar-refractivity contribution in [3.05, 3.63) is 0 Å². The first-order valence-corrected chi connectivity index (χ1v) is 6.00. The van der Waals surface area contributed by atoms with Gasteiger partial charge >= 0.3 is 0 Å². The highest BCUT2D eigenvalue weighted by atomic mass is 35.5. The van der Waals surface area contributed by atoms with Gasteiger partial charge in [0.2, 0.25) is 5.91 Å². The van der Waals surface area contributed by atoms with Crippen molar-refractivity contribution in [2.45, 2.75) is 52.5 Å². The van der Waals surface area contributed by atoms with Gasteiger partial charge < -0.3 is 10.6 Å². The summed E-state index contributed by atoms with van der Waals surface area (Å²) >= 11 is 0. The Morgan fingerprint density at radius 2 is 2.12 bits per heavy atom.